The molecule has 0 aliphatic rings. The highest BCUT2D eigenvalue weighted by Gasteiger charge is 2.55. The molecule has 2 atom stereocenters. The average Bonchev–Trinajstić information content (AvgIpc) is 1.83. The van der Waals surface area contributed by atoms with E-state index in [2.05, 4.69) is 4.74 Å². The summed E-state index contributed by atoms with van der Waals surface area (Å²) in [5, 5.41) is 8.21. The van der Waals surface area contributed by atoms with Gasteiger partial charge in [0.2, 0.25) is 0 Å². The van der Waals surface area contributed by atoms with Crippen molar-refractivity contribution < 1.29 is 36.2 Å². The molecule has 80 valence electrons. The molecule has 2 unspecified atom stereocenters. The lowest BCUT2D eigenvalue weighted by atomic mass is 10.2. The summed E-state index contributed by atoms with van der Waals surface area (Å²) in [5.41, 5.74) is 0. The summed E-state index contributed by atoms with van der Waals surface area (Å²) in [7, 11) is 0.438. The number of ether oxygens (including phenoxy) is 1. The summed E-state index contributed by atoms with van der Waals surface area (Å²) in [6.45, 7) is 0. The van der Waals surface area contributed by atoms with Crippen molar-refractivity contribution in [3.63, 3.8) is 0 Å². The van der Waals surface area contributed by atoms with Crippen molar-refractivity contribution in [3.05, 3.63) is 0 Å². The summed E-state index contributed by atoms with van der Waals surface area (Å²) < 4.78 is 73.4. The first-order chi connectivity index (χ1) is 5.60. The number of alkyl halides is 6. The van der Waals surface area contributed by atoms with Crippen LogP contribution < -0.4 is 0 Å². The van der Waals surface area contributed by atoms with Crippen LogP contribution in [0.15, 0.2) is 0 Å². The minimum absolute atomic E-state index is 0.438. The minimum atomic E-state index is -5.35. The van der Waals surface area contributed by atoms with Crippen LogP contribution in [-0.4, -0.2) is 36.8 Å². The maximum atomic E-state index is 11.7. The smallest absolute Gasteiger partial charge is 0.381 e. The first kappa shape index (κ1) is 12.5. The maximum absolute atomic E-state index is 11.7. The molecule has 0 radical (unpaired) electrons. The number of halogens is 6. The zero-order chi connectivity index (χ0) is 10.9. The second kappa shape index (κ2) is 3.70. The summed E-state index contributed by atoms with van der Waals surface area (Å²) in [4.78, 5) is 0. The zero-order valence-electron chi connectivity index (χ0n) is 6.28. The normalized spacial score (nSPS) is 18.5. The van der Waals surface area contributed by atoms with Gasteiger partial charge in [-0.1, -0.05) is 0 Å². The van der Waals surface area contributed by atoms with E-state index in [9.17, 15) is 26.3 Å². The number of hydrogen-bond donors (Lipinski definition) is 1. The van der Waals surface area contributed by atoms with Crippen LogP contribution in [0.3, 0.4) is 0 Å². The fraction of sp³-hybridized carbons (Fsp3) is 1.00. The Bertz CT molecular complexity index is 161. The largest absolute Gasteiger partial charge is 0.417 e. The van der Waals surface area contributed by atoms with Gasteiger partial charge in [-0.15, -0.1) is 0 Å². The lowest BCUT2D eigenvalue weighted by Crippen LogP contribution is -2.48. The zero-order valence-corrected chi connectivity index (χ0v) is 6.28. The standard InChI is InChI=1S/C5H6F6O2/c1-13-3(5(9,10)11)2(12)4(6,7)8/h2-3,12H,1H3. The molecule has 0 aromatic rings. The van der Waals surface area contributed by atoms with E-state index in [-0.39, 0.29) is 0 Å². The van der Waals surface area contributed by atoms with E-state index in [0.717, 1.165) is 0 Å². The molecular weight excluding hydrogens is 206 g/mol. The fourth-order valence-corrected chi connectivity index (χ4v) is 0.613. The van der Waals surface area contributed by atoms with Crippen LogP contribution in [0.1, 0.15) is 0 Å². The van der Waals surface area contributed by atoms with Gasteiger partial charge in [-0.25, -0.2) is 0 Å². The molecule has 2 nitrogen and oxygen atoms in total. The van der Waals surface area contributed by atoms with Gasteiger partial charge in [0.25, 0.3) is 0 Å². The average molecular weight is 212 g/mol. The molecule has 0 amide bonds. The van der Waals surface area contributed by atoms with Gasteiger partial charge in [0, 0.05) is 7.11 Å². The van der Waals surface area contributed by atoms with Gasteiger partial charge < -0.3 is 9.84 Å². The third-order valence-corrected chi connectivity index (χ3v) is 1.20. The van der Waals surface area contributed by atoms with Crippen LogP contribution in [0.25, 0.3) is 0 Å². The molecule has 0 bridgehead atoms. The van der Waals surface area contributed by atoms with Crippen LogP contribution in [0.4, 0.5) is 26.3 Å². The summed E-state index contributed by atoms with van der Waals surface area (Å²) >= 11 is 0. The van der Waals surface area contributed by atoms with E-state index < -0.39 is 24.6 Å². The molecule has 0 aromatic heterocycles. The molecule has 0 aliphatic carbocycles. The van der Waals surface area contributed by atoms with E-state index >= 15 is 0 Å². The molecule has 13 heavy (non-hydrogen) atoms. The van der Waals surface area contributed by atoms with Crippen molar-refractivity contribution in [3.8, 4) is 0 Å². The Balaban J connectivity index is 4.61. The predicted octanol–water partition coefficient (Wildman–Crippen LogP) is 1.49. The predicted molar refractivity (Wildman–Crippen MR) is 28.9 cm³/mol. The van der Waals surface area contributed by atoms with Crippen LogP contribution >= 0.6 is 0 Å². The molecule has 0 heterocycles. The first-order valence-corrected chi connectivity index (χ1v) is 2.95. The molecule has 8 heteroatoms. The van der Waals surface area contributed by atoms with Gasteiger partial charge in [0.05, 0.1) is 0 Å². The van der Waals surface area contributed by atoms with E-state index in [4.69, 9.17) is 5.11 Å². The molecule has 0 fully saturated rings. The summed E-state index contributed by atoms with van der Waals surface area (Å²) in [5.74, 6) is 0. The lowest BCUT2D eigenvalue weighted by molar-refractivity contribution is -0.298. The van der Waals surface area contributed by atoms with E-state index in [1.54, 1.807) is 0 Å². The van der Waals surface area contributed by atoms with Crippen LogP contribution in [0.2, 0.25) is 0 Å². The number of methoxy groups -OCH3 is 1. The van der Waals surface area contributed by atoms with Gasteiger partial charge in [-0.2, -0.15) is 26.3 Å². The van der Waals surface area contributed by atoms with E-state index in [1.165, 1.54) is 0 Å². The molecule has 0 saturated heterocycles. The van der Waals surface area contributed by atoms with Crippen molar-refractivity contribution in [1.29, 1.82) is 0 Å². The topological polar surface area (TPSA) is 29.5 Å². The van der Waals surface area contributed by atoms with Crippen molar-refractivity contribution in [2.45, 2.75) is 24.6 Å². The van der Waals surface area contributed by atoms with E-state index in [1.807, 2.05) is 0 Å². The SMILES string of the molecule is COC(C(O)C(F)(F)F)C(F)(F)F. The molecule has 1 N–H and O–H groups in total. The highest BCUT2D eigenvalue weighted by molar-refractivity contribution is 4.81. The molecule has 0 rings (SSSR count). The van der Waals surface area contributed by atoms with Crippen LogP contribution in [0, 0.1) is 0 Å². The maximum Gasteiger partial charge on any atom is 0.417 e. The molecule has 0 saturated carbocycles. The van der Waals surface area contributed by atoms with Gasteiger partial charge in [-0.05, 0) is 0 Å². The van der Waals surface area contributed by atoms with Crippen molar-refractivity contribution in [1.82, 2.24) is 0 Å². The van der Waals surface area contributed by atoms with Gasteiger partial charge >= 0.3 is 12.4 Å². The van der Waals surface area contributed by atoms with Gasteiger partial charge in [-0.3, -0.25) is 0 Å². The Morgan fingerprint density at radius 1 is 1.00 bits per heavy atom. The monoisotopic (exact) mass is 212 g/mol. The Hall–Kier alpha value is -0.500. The minimum Gasteiger partial charge on any atom is -0.381 e. The number of aliphatic hydroxyl groups excluding tert-OH is 1. The molecular formula is C5H6F6O2. The molecule has 0 aliphatic heterocycles. The number of aliphatic hydroxyl groups is 1. The Kier molecular flexibility index (Phi) is 3.56. The van der Waals surface area contributed by atoms with Crippen LogP contribution in [-0.2, 0) is 4.74 Å². The second-order valence-electron chi connectivity index (χ2n) is 2.18. The Morgan fingerprint density at radius 2 is 1.38 bits per heavy atom. The van der Waals surface area contributed by atoms with Gasteiger partial charge in [0.1, 0.15) is 0 Å². The van der Waals surface area contributed by atoms with Crippen molar-refractivity contribution >= 4 is 0 Å². The fourth-order valence-electron chi connectivity index (χ4n) is 0.613. The molecule has 0 spiro atoms. The quantitative estimate of drug-likeness (QED) is 0.702. The van der Waals surface area contributed by atoms with Crippen molar-refractivity contribution in [2.24, 2.45) is 0 Å². The number of hydrogen-bond acceptors (Lipinski definition) is 2. The highest BCUT2D eigenvalue weighted by Crippen LogP contribution is 2.32. The third-order valence-electron chi connectivity index (χ3n) is 1.20. The Morgan fingerprint density at radius 3 is 1.46 bits per heavy atom. The summed E-state index contributed by atoms with van der Waals surface area (Å²) in [6, 6.07) is 0. The van der Waals surface area contributed by atoms with Gasteiger partial charge in [0.15, 0.2) is 12.2 Å². The lowest BCUT2D eigenvalue weighted by Gasteiger charge is -2.25. The first-order valence-electron chi connectivity index (χ1n) is 2.95. The van der Waals surface area contributed by atoms with Crippen molar-refractivity contribution in [2.75, 3.05) is 7.11 Å². The Labute approximate surface area is 69.1 Å². The second-order valence-corrected chi connectivity index (χ2v) is 2.18. The van der Waals surface area contributed by atoms with E-state index in [0.29, 0.717) is 7.11 Å². The summed E-state index contributed by atoms with van der Waals surface area (Å²) in [6.07, 6.45) is -17.4. The molecule has 0 aromatic carbocycles. The third kappa shape index (κ3) is 3.39. The van der Waals surface area contributed by atoms with Crippen LogP contribution in [0.5, 0.6) is 0 Å². The highest BCUT2D eigenvalue weighted by atomic mass is 19.4. The number of rotatable bonds is 2.